The van der Waals surface area contributed by atoms with Gasteiger partial charge in [0.1, 0.15) is 5.71 Å². The number of hydrogen-bond donors (Lipinski definition) is 1. The zero-order chi connectivity index (χ0) is 13.6. The third-order valence-corrected chi connectivity index (χ3v) is 4.17. The molecule has 0 fully saturated rings. The van der Waals surface area contributed by atoms with E-state index in [1.807, 2.05) is 0 Å². The van der Waals surface area contributed by atoms with Crippen molar-refractivity contribution in [3.8, 4) is 0 Å². The predicted molar refractivity (Wildman–Crippen MR) is 67.4 cm³/mol. The monoisotopic (exact) mass is 280 g/mol. The summed E-state index contributed by atoms with van der Waals surface area (Å²) in [6.07, 6.45) is 3.77. The molecule has 0 saturated carbocycles. The standard InChI is InChI=1S/C10H8N4O4S/c11-10(15)8-9-7(3-13-8)19(16,17)14-6-2-12-1-5(6)4-18-9/h2-4,7H,1H2,(H2,11,15)/b5-4-,14-6?. The van der Waals surface area contributed by atoms with Crippen molar-refractivity contribution in [2.24, 2.45) is 20.1 Å². The number of carbonyl (C=O) groups is 1. The summed E-state index contributed by atoms with van der Waals surface area (Å²) in [4.78, 5) is 18.8. The third-order valence-electron chi connectivity index (χ3n) is 2.74. The Hall–Kier alpha value is -2.29. The molecule has 0 aliphatic carbocycles. The Labute approximate surface area is 108 Å². The highest BCUT2D eigenvalue weighted by atomic mass is 32.2. The number of fused-ring (bicyclic) bond motifs is 2. The van der Waals surface area contributed by atoms with Gasteiger partial charge in [-0.25, -0.2) is 8.42 Å². The van der Waals surface area contributed by atoms with E-state index >= 15 is 0 Å². The first-order valence-electron chi connectivity index (χ1n) is 5.27. The second-order valence-electron chi connectivity index (χ2n) is 4.00. The summed E-state index contributed by atoms with van der Waals surface area (Å²) >= 11 is 0. The summed E-state index contributed by atoms with van der Waals surface area (Å²) < 4.78 is 33.2. The largest absolute Gasteiger partial charge is 0.465 e. The van der Waals surface area contributed by atoms with E-state index in [1.54, 1.807) is 0 Å². The fourth-order valence-electron chi connectivity index (χ4n) is 1.83. The molecule has 3 aliphatic heterocycles. The van der Waals surface area contributed by atoms with Crippen LogP contribution in [0.4, 0.5) is 0 Å². The van der Waals surface area contributed by atoms with Crippen LogP contribution in [0.5, 0.6) is 0 Å². The van der Waals surface area contributed by atoms with Gasteiger partial charge in [0.2, 0.25) is 0 Å². The van der Waals surface area contributed by atoms with E-state index in [0.717, 1.165) is 6.21 Å². The van der Waals surface area contributed by atoms with Gasteiger partial charge in [0.05, 0.1) is 12.8 Å². The first kappa shape index (κ1) is 11.8. The highest BCUT2D eigenvalue weighted by molar-refractivity contribution is 7.91. The average Bonchev–Trinajstić information content (AvgIpc) is 2.90. The van der Waals surface area contributed by atoms with E-state index in [-0.39, 0.29) is 23.7 Å². The molecule has 1 amide bonds. The normalized spacial score (nSPS) is 29.6. The molecule has 2 N–H and O–H groups in total. The quantitative estimate of drug-likeness (QED) is 0.655. The van der Waals surface area contributed by atoms with Crippen molar-refractivity contribution in [3.63, 3.8) is 0 Å². The third kappa shape index (κ3) is 1.78. The van der Waals surface area contributed by atoms with Crippen molar-refractivity contribution in [2.75, 3.05) is 6.54 Å². The van der Waals surface area contributed by atoms with E-state index in [1.165, 1.54) is 12.5 Å². The van der Waals surface area contributed by atoms with Gasteiger partial charge in [0.25, 0.3) is 15.9 Å². The van der Waals surface area contributed by atoms with E-state index in [4.69, 9.17) is 10.5 Å². The summed E-state index contributed by atoms with van der Waals surface area (Å²) in [5, 5.41) is -1.23. The molecule has 0 saturated heterocycles. The van der Waals surface area contributed by atoms with Gasteiger partial charge in [-0.2, -0.15) is 4.40 Å². The molecule has 98 valence electrons. The van der Waals surface area contributed by atoms with E-state index in [0.29, 0.717) is 5.57 Å². The van der Waals surface area contributed by atoms with Crippen LogP contribution < -0.4 is 5.73 Å². The predicted octanol–water partition coefficient (Wildman–Crippen LogP) is -1.09. The van der Waals surface area contributed by atoms with Crippen LogP contribution in [-0.2, 0) is 19.6 Å². The molecule has 0 spiro atoms. The van der Waals surface area contributed by atoms with Gasteiger partial charge in [0.15, 0.2) is 16.7 Å². The highest BCUT2D eigenvalue weighted by Gasteiger charge is 2.38. The molecule has 0 aromatic carbocycles. The minimum atomic E-state index is -3.92. The molecule has 3 heterocycles. The minimum absolute atomic E-state index is 0.116. The lowest BCUT2D eigenvalue weighted by Crippen LogP contribution is -2.26. The fraction of sp³-hybridized carbons (Fsp3) is 0.200. The molecule has 19 heavy (non-hydrogen) atoms. The molecule has 0 aromatic heterocycles. The lowest BCUT2D eigenvalue weighted by atomic mass is 10.2. The minimum Gasteiger partial charge on any atom is -0.465 e. The Bertz CT molecular complexity index is 727. The van der Waals surface area contributed by atoms with Crippen LogP contribution in [0.2, 0.25) is 0 Å². The van der Waals surface area contributed by atoms with Crippen LogP contribution >= 0.6 is 0 Å². The second-order valence-corrected chi connectivity index (χ2v) is 5.72. The maximum absolute atomic E-state index is 12.1. The summed E-state index contributed by atoms with van der Waals surface area (Å²) in [5.74, 6) is -0.968. The smallest absolute Gasteiger partial charge is 0.270 e. The van der Waals surface area contributed by atoms with Crippen molar-refractivity contribution >= 4 is 34.1 Å². The first-order chi connectivity index (χ1) is 8.99. The van der Waals surface area contributed by atoms with Gasteiger partial charge in [-0.15, -0.1) is 0 Å². The number of primary amides is 1. The van der Waals surface area contributed by atoms with Crippen LogP contribution in [-0.4, -0.2) is 44.3 Å². The van der Waals surface area contributed by atoms with Gasteiger partial charge in [-0.3, -0.25) is 14.8 Å². The highest BCUT2D eigenvalue weighted by Crippen LogP contribution is 2.27. The molecule has 1 unspecified atom stereocenters. The van der Waals surface area contributed by atoms with Gasteiger partial charge in [-0.1, -0.05) is 0 Å². The molecule has 3 aliphatic rings. The van der Waals surface area contributed by atoms with Gasteiger partial charge in [-0.05, 0) is 0 Å². The number of ether oxygens (including phenoxy) is 1. The van der Waals surface area contributed by atoms with Crippen LogP contribution in [0.1, 0.15) is 0 Å². The second kappa shape index (κ2) is 3.85. The summed E-state index contributed by atoms with van der Waals surface area (Å²) in [6, 6.07) is 0. The number of sulfonamides is 1. The first-order valence-corrected chi connectivity index (χ1v) is 6.77. The number of aliphatic imine (C=N–C) groups is 2. The summed E-state index contributed by atoms with van der Waals surface area (Å²) in [5.41, 5.74) is 5.67. The summed E-state index contributed by atoms with van der Waals surface area (Å²) in [6.45, 7) is 0.277. The Morgan fingerprint density at radius 2 is 2.26 bits per heavy atom. The van der Waals surface area contributed by atoms with Crippen molar-refractivity contribution in [3.05, 3.63) is 23.3 Å². The maximum atomic E-state index is 12.1. The van der Waals surface area contributed by atoms with Crippen molar-refractivity contribution in [2.45, 2.75) is 5.25 Å². The molecule has 0 aromatic rings. The molecule has 8 nitrogen and oxygen atoms in total. The topological polar surface area (TPSA) is 124 Å². The Kier molecular flexibility index (Phi) is 2.39. The number of hydrogen-bond acceptors (Lipinski definition) is 6. The van der Waals surface area contributed by atoms with Gasteiger partial charge in [0, 0.05) is 18.0 Å². The lowest BCUT2D eigenvalue weighted by molar-refractivity contribution is -0.114. The van der Waals surface area contributed by atoms with Crippen LogP contribution in [0, 0.1) is 0 Å². The zero-order valence-electron chi connectivity index (χ0n) is 9.48. The number of rotatable bonds is 1. The zero-order valence-corrected chi connectivity index (χ0v) is 10.3. The number of nitrogens with zero attached hydrogens (tertiary/aromatic N) is 3. The van der Waals surface area contributed by atoms with E-state index < -0.39 is 21.2 Å². The molecule has 1 atom stereocenters. The van der Waals surface area contributed by atoms with E-state index in [9.17, 15) is 13.2 Å². The average molecular weight is 280 g/mol. The number of nitrogens with two attached hydrogens (primary N) is 1. The Morgan fingerprint density at radius 3 is 3.00 bits per heavy atom. The number of amides is 1. The maximum Gasteiger partial charge on any atom is 0.270 e. The van der Waals surface area contributed by atoms with Crippen LogP contribution in [0.3, 0.4) is 0 Å². The van der Waals surface area contributed by atoms with Crippen LogP contribution in [0.25, 0.3) is 0 Å². The molecule has 9 heteroatoms. The molecule has 3 rings (SSSR count). The molecule has 0 bridgehead atoms. The van der Waals surface area contributed by atoms with Crippen molar-refractivity contribution in [1.29, 1.82) is 0 Å². The SMILES string of the molecule is NC(=O)C1=C2O/C=C3/CN=CC3=NS(=O)(=O)C2C=N1. The van der Waals surface area contributed by atoms with Gasteiger partial charge < -0.3 is 10.5 Å². The van der Waals surface area contributed by atoms with E-state index in [2.05, 4.69) is 14.4 Å². The lowest BCUT2D eigenvalue weighted by Gasteiger charge is -2.14. The fourth-order valence-corrected chi connectivity index (χ4v) is 3.04. The molecule has 0 radical (unpaired) electrons. The van der Waals surface area contributed by atoms with Crippen molar-refractivity contribution < 1.29 is 17.9 Å². The molecular formula is C10H8N4O4S. The van der Waals surface area contributed by atoms with Crippen LogP contribution in [0.15, 0.2) is 37.7 Å². The molecular weight excluding hydrogens is 272 g/mol. The number of carbonyl (C=O) groups excluding carboxylic acids is 1. The van der Waals surface area contributed by atoms with Crippen molar-refractivity contribution in [1.82, 2.24) is 0 Å². The van der Waals surface area contributed by atoms with Gasteiger partial charge >= 0.3 is 0 Å². The Morgan fingerprint density at radius 1 is 1.47 bits per heavy atom. The summed E-state index contributed by atoms with van der Waals surface area (Å²) in [7, 11) is -3.92. The Balaban J connectivity index is 2.18.